The van der Waals surface area contributed by atoms with Crippen molar-refractivity contribution in [1.82, 2.24) is 5.32 Å². The van der Waals surface area contributed by atoms with Crippen LogP contribution in [0.25, 0.3) is 0 Å². The predicted octanol–water partition coefficient (Wildman–Crippen LogP) is 2.14. The summed E-state index contributed by atoms with van der Waals surface area (Å²) in [5.41, 5.74) is 2.57. The van der Waals surface area contributed by atoms with E-state index in [1.807, 2.05) is 0 Å². The molecule has 3 rings (SSSR count). The highest BCUT2D eigenvalue weighted by molar-refractivity contribution is 5.35. The Labute approximate surface area is 84.3 Å². The molecule has 1 aromatic rings. The fourth-order valence-electron chi connectivity index (χ4n) is 2.55. The van der Waals surface area contributed by atoms with Crippen LogP contribution in [0.2, 0.25) is 0 Å². The Bertz CT molecular complexity index is 336. The van der Waals surface area contributed by atoms with Gasteiger partial charge >= 0.3 is 0 Å². The summed E-state index contributed by atoms with van der Waals surface area (Å²) in [5.74, 6) is 0. The number of benzene rings is 1. The lowest BCUT2D eigenvalue weighted by atomic mass is 9.92. The Hall–Kier alpha value is -0.860. The van der Waals surface area contributed by atoms with Crippen LogP contribution >= 0.6 is 0 Å². The van der Waals surface area contributed by atoms with Crippen molar-refractivity contribution < 1.29 is 4.74 Å². The third kappa shape index (κ3) is 1.11. The maximum atomic E-state index is 5.94. The molecule has 1 spiro atoms. The van der Waals surface area contributed by atoms with E-state index in [1.54, 1.807) is 0 Å². The van der Waals surface area contributed by atoms with E-state index in [4.69, 9.17) is 4.74 Å². The zero-order valence-electron chi connectivity index (χ0n) is 8.25. The fourth-order valence-corrected chi connectivity index (χ4v) is 2.55. The summed E-state index contributed by atoms with van der Waals surface area (Å²) in [5, 5.41) is 3.53. The molecule has 2 aliphatic heterocycles. The lowest BCUT2D eigenvalue weighted by Crippen LogP contribution is -2.45. The van der Waals surface area contributed by atoms with Crippen LogP contribution in [0.3, 0.4) is 0 Å². The molecular weight excluding hydrogens is 174 g/mol. The maximum Gasteiger partial charge on any atom is 0.146 e. The summed E-state index contributed by atoms with van der Waals surface area (Å²) in [6.07, 6.45) is 3.65. The maximum absolute atomic E-state index is 5.94. The average Bonchev–Trinajstić information content (AvgIpc) is 2.60. The first-order chi connectivity index (χ1) is 6.91. The van der Waals surface area contributed by atoms with Crippen LogP contribution in [-0.4, -0.2) is 6.54 Å². The highest BCUT2D eigenvalue weighted by Crippen LogP contribution is 2.39. The molecule has 0 saturated carbocycles. The first-order valence-electron chi connectivity index (χ1n) is 5.38. The number of fused-ring (bicyclic) bond motifs is 2. The number of rotatable bonds is 0. The Balaban J connectivity index is 2.03. The normalized spacial score (nSPS) is 30.6. The van der Waals surface area contributed by atoms with Crippen LogP contribution < -0.4 is 5.32 Å². The number of ether oxygens (including phenoxy) is 1. The van der Waals surface area contributed by atoms with Gasteiger partial charge in [0.15, 0.2) is 0 Å². The van der Waals surface area contributed by atoms with Crippen LogP contribution in [0, 0.1) is 0 Å². The van der Waals surface area contributed by atoms with Crippen molar-refractivity contribution in [2.24, 2.45) is 0 Å². The van der Waals surface area contributed by atoms with E-state index in [-0.39, 0.29) is 5.72 Å². The van der Waals surface area contributed by atoms with E-state index in [0.29, 0.717) is 0 Å². The molecule has 1 saturated heterocycles. The lowest BCUT2D eigenvalue weighted by Gasteiger charge is -2.34. The summed E-state index contributed by atoms with van der Waals surface area (Å²) in [6, 6.07) is 8.55. The fraction of sp³-hybridized carbons (Fsp3) is 0.500. The van der Waals surface area contributed by atoms with Crippen molar-refractivity contribution in [3.63, 3.8) is 0 Å². The molecule has 2 heterocycles. The van der Waals surface area contributed by atoms with Gasteiger partial charge in [0.2, 0.25) is 0 Å². The summed E-state index contributed by atoms with van der Waals surface area (Å²) in [4.78, 5) is 0. The molecule has 74 valence electrons. The first-order valence-corrected chi connectivity index (χ1v) is 5.38. The number of nitrogens with one attached hydrogen (secondary N) is 1. The van der Waals surface area contributed by atoms with Gasteiger partial charge in [-0.15, -0.1) is 0 Å². The van der Waals surface area contributed by atoms with Gasteiger partial charge in [0, 0.05) is 5.56 Å². The number of hydrogen-bond donors (Lipinski definition) is 1. The molecule has 1 unspecified atom stereocenters. The molecule has 1 N–H and O–H groups in total. The number of piperidine rings is 1. The van der Waals surface area contributed by atoms with E-state index >= 15 is 0 Å². The topological polar surface area (TPSA) is 21.3 Å². The highest BCUT2D eigenvalue weighted by atomic mass is 16.5. The Morgan fingerprint density at radius 2 is 2.14 bits per heavy atom. The van der Waals surface area contributed by atoms with Gasteiger partial charge < -0.3 is 4.74 Å². The summed E-state index contributed by atoms with van der Waals surface area (Å²) in [6.45, 7) is 1.84. The van der Waals surface area contributed by atoms with E-state index < -0.39 is 0 Å². The second-order valence-corrected chi connectivity index (χ2v) is 4.16. The lowest BCUT2D eigenvalue weighted by molar-refractivity contribution is -0.0823. The largest absolute Gasteiger partial charge is 0.352 e. The third-order valence-electron chi connectivity index (χ3n) is 3.29. The zero-order valence-corrected chi connectivity index (χ0v) is 8.25. The third-order valence-corrected chi connectivity index (χ3v) is 3.29. The Kier molecular flexibility index (Phi) is 1.85. The minimum absolute atomic E-state index is 0.144. The van der Waals surface area contributed by atoms with Gasteiger partial charge in [-0.05, 0) is 31.4 Å². The van der Waals surface area contributed by atoms with Gasteiger partial charge in [0.05, 0.1) is 6.61 Å². The van der Waals surface area contributed by atoms with E-state index in [2.05, 4.69) is 29.6 Å². The molecule has 1 atom stereocenters. The van der Waals surface area contributed by atoms with Crippen molar-refractivity contribution >= 4 is 0 Å². The highest BCUT2D eigenvalue weighted by Gasteiger charge is 2.40. The average molecular weight is 189 g/mol. The standard InChI is InChI=1S/C12H15NO/c1-2-6-11-10(5-1)9-14-12(11)7-3-4-8-13-12/h1-2,5-6,13H,3-4,7-9H2. The molecule has 0 aliphatic carbocycles. The molecular formula is C12H15NO. The molecule has 0 bridgehead atoms. The molecule has 0 aromatic heterocycles. The van der Waals surface area contributed by atoms with E-state index in [0.717, 1.165) is 19.6 Å². The minimum Gasteiger partial charge on any atom is -0.352 e. The van der Waals surface area contributed by atoms with Gasteiger partial charge in [0.1, 0.15) is 5.72 Å². The van der Waals surface area contributed by atoms with Gasteiger partial charge in [-0.2, -0.15) is 0 Å². The van der Waals surface area contributed by atoms with E-state index in [9.17, 15) is 0 Å². The van der Waals surface area contributed by atoms with Crippen LogP contribution in [0.4, 0.5) is 0 Å². The predicted molar refractivity (Wildman–Crippen MR) is 54.8 cm³/mol. The van der Waals surface area contributed by atoms with Crippen molar-refractivity contribution in [3.05, 3.63) is 35.4 Å². The van der Waals surface area contributed by atoms with Crippen molar-refractivity contribution in [2.75, 3.05) is 6.54 Å². The monoisotopic (exact) mass is 189 g/mol. The quantitative estimate of drug-likeness (QED) is 0.675. The SMILES string of the molecule is c1ccc2c(c1)COC21CCCCN1. The molecule has 2 aliphatic rings. The van der Waals surface area contributed by atoms with Crippen molar-refractivity contribution in [1.29, 1.82) is 0 Å². The van der Waals surface area contributed by atoms with Crippen LogP contribution in [0.5, 0.6) is 0 Å². The molecule has 0 radical (unpaired) electrons. The minimum atomic E-state index is -0.144. The van der Waals surface area contributed by atoms with Crippen LogP contribution in [0.1, 0.15) is 30.4 Å². The molecule has 2 nitrogen and oxygen atoms in total. The first kappa shape index (κ1) is 8.45. The second kappa shape index (κ2) is 3.07. The van der Waals surface area contributed by atoms with Crippen LogP contribution in [0.15, 0.2) is 24.3 Å². The van der Waals surface area contributed by atoms with Crippen molar-refractivity contribution in [3.8, 4) is 0 Å². The molecule has 1 fully saturated rings. The van der Waals surface area contributed by atoms with Gasteiger partial charge in [-0.1, -0.05) is 24.3 Å². The molecule has 14 heavy (non-hydrogen) atoms. The van der Waals surface area contributed by atoms with Crippen LogP contribution in [-0.2, 0) is 17.1 Å². The zero-order chi connectivity index (χ0) is 9.43. The second-order valence-electron chi connectivity index (χ2n) is 4.16. The Morgan fingerprint density at radius 1 is 1.21 bits per heavy atom. The summed E-state index contributed by atoms with van der Waals surface area (Å²) >= 11 is 0. The summed E-state index contributed by atoms with van der Waals surface area (Å²) < 4.78 is 5.94. The molecule has 1 aromatic carbocycles. The number of hydrogen-bond acceptors (Lipinski definition) is 2. The van der Waals surface area contributed by atoms with E-state index in [1.165, 1.54) is 24.0 Å². The smallest absolute Gasteiger partial charge is 0.146 e. The molecule has 0 amide bonds. The van der Waals surface area contributed by atoms with Crippen molar-refractivity contribution in [2.45, 2.75) is 31.6 Å². The Morgan fingerprint density at radius 3 is 3.00 bits per heavy atom. The molecule has 2 heteroatoms. The van der Waals surface area contributed by atoms with Gasteiger partial charge in [-0.3, -0.25) is 5.32 Å². The summed E-state index contributed by atoms with van der Waals surface area (Å²) in [7, 11) is 0. The van der Waals surface area contributed by atoms with Gasteiger partial charge in [0.25, 0.3) is 0 Å². The van der Waals surface area contributed by atoms with Gasteiger partial charge in [-0.25, -0.2) is 0 Å².